The molecule has 4 nitrogen and oxygen atoms in total. The Morgan fingerprint density at radius 2 is 2.25 bits per heavy atom. The number of rotatable bonds is 3. The molecule has 1 amide bonds. The third-order valence-corrected chi connectivity index (χ3v) is 4.11. The molecule has 2 unspecified atom stereocenters. The van der Waals surface area contributed by atoms with Crippen LogP contribution in [0, 0.1) is 0 Å². The van der Waals surface area contributed by atoms with Crippen LogP contribution in [-0.2, 0) is 16.0 Å². The van der Waals surface area contributed by atoms with Crippen LogP contribution in [0.3, 0.4) is 0 Å². The van der Waals surface area contributed by atoms with Gasteiger partial charge in [0.2, 0.25) is 5.91 Å². The summed E-state index contributed by atoms with van der Waals surface area (Å²) in [6.07, 6.45) is 0.212. The molecule has 1 aromatic rings. The van der Waals surface area contributed by atoms with Crippen LogP contribution in [0.25, 0.3) is 0 Å². The van der Waals surface area contributed by atoms with E-state index in [1.165, 1.54) is 0 Å². The molecule has 1 aliphatic rings. The first-order valence-electron chi connectivity index (χ1n) is 6.56. The summed E-state index contributed by atoms with van der Waals surface area (Å²) in [6, 6.07) is 5.16. The zero-order chi connectivity index (χ0) is 14.7. The van der Waals surface area contributed by atoms with E-state index in [0.29, 0.717) is 36.2 Å². The zero-order valence-corrected chi connectivity index (χ0v) is 12.8. The van der Waals surface area contributed by atoms with Gasteiger partial charge < -0.3 is 15.4 Å². The smallest absolute Gasteiger partial charge is 0.227 e. The van der Waals surface area contributed by atoms with E-state index in [4.69, 9.17) is 33.7 Å². The number of nitrogens with zero attached hydrogens (tertiary/aromatic N) is 1. The van der Waals surface area contributed by atoms with Crippen LogP contribution in [0.2, 0.25) is 10.0 Å². The summed E-state index contributed by atoms with van der Waals surface area (Å²) >= 11 is 11.8. The van der Waals surface area contributed by atoms with E-state index in [1.807, 2.05) is 13.0 Å². The molecule has 110 valence electrons. The topological polar surface area (TPSA) is 55.6 Å². The van der Waals surface area contributed by atoms with Gasteiger partial charge in [0.15, 0.2) is 0 Å². The van der Waals surface area contributed by atoms with Crippen molar-refractivity contribution >= 4 is 29.1 Å². The minimum atomic E-state index is -0.0958. The quantitative estimate of drug-likeness (QED) is 0.929. The Kier molecular flexibility index (Phi) is 5.27. The highest BCUT2D eigenvalue weighted by atomic mass is 35.5. The number of carbonyl (C=O) groups excluding carboxylic acids is 1. The first-order chi connectivity index (χ1) is 9.47. The number of nitrogens with two attached hydrogens (primary N) is 1. The number of halogens is 2. The lowest BCUT2D eigenvalue weighted by molar-refractivity contribution is -0.138. The first-order valence-corrected chi connectivity index (χ1v) is 7.32. The number of morpholine rings is 1. The fourth-order valence-corrected chi connectivity index (χ4v) is 2.48. The standard InChI is InChI=1S/C14H18Cl2N2O2/c1-9(17)13-8-18(4-5-20-13)14(19)7-10-2-3-11(15)12(16)6-10/h2-3,6,9,13H,4-5,7-8,17H2,1H3. The molecule has 0 aromatic heterocycles. The molecule has 0 aliphatic carbocycles. The van der Waals surface area contributed by atoms with Gasteiger partial charge in [-0.15, -0.1) is 0 Å². The molecule has 0 radical (unpaired) electrons. The number of benzene rings is 1. The van der Waals surface area contributed by atoms with E-state index >= 15 is 0 Å². The lowest BCUT2D eigenvalue weighted by atomic mass is 10.1. The fourth-order valence-electron chi connectivity index (χ4n) is 2.16. The Morgan fingerprint density at radius 3 is 2.90 bits per heavy atom. The second-order valence-electron chi connectivity index (χ2n) is 5.03. The molecule has 6 heteroatoms. The summed E-state index contributed by atoms with van der Waals surface area (Å²) in [5.41, 5.74) is 6.68. The Hall–Kier alpha value is -0.810. The molecule has 1 fully saturated rings. The molecular weight excluding hydrogens is 299 g/mol. The molecule has 2 atom stereocenters. The second kappa shape index (κ2) is 6.76. The summed E-state index contributed by atoms with van der Waals surface area (Å²) < 4.78 is 5.55. The van der Waals surface area contributed by atoms with E-state index in [2.05, 4.69) is 0 Å². The summed E-state index contributed by atoms with van der Waals surface area (Å²) in [5.74, 6) is 0.0531. The van der Waals surface area contributed by atoms with E-state index < -0.39 is 0 Å². The van der Waals surface area contributed by atoms with Crippen molar-refractivity contribution in [1.29, 1.82) is 0 Å². The summed E-state index contributed by atoms with van der Waals surface area (Å²) in [4.78, 5) is 14.1. The van der Waals surface area contributed by atoms with Crippen molar-refractivity contribution in [1.82, 2.24) is 4.90 Å². The molecule has 0 bridgehead atoms. The maximum atomic E-state index is 12.3. The maximum Gasteiger partial charge on any atom is 0.227 e. The van der Waals surface area contributed by atoms with Gasteiger partial charge in [0.25, 0.3) is 0 Å². The van der Waals surface area contributed by atoms with E-state index in [0.717, 1.165) is 5.56 Å². The lowest BCUT2D eigenvalue weighted by Gasteiger charge is -2.34. The number of hydrogen-bond donors (Lipinski definition) is 1. The van der Waals surface area contributed by atoms with Gasteiger partial charge in [-0.25, -0.2) is 0 Å². The molecule has 1 saturated heterocycles. The van der Waals surface area contributed by atoms with Gasteiger partial charge >= 0.3 is 0 Å². The largest absolute Gasteiger partial charge is 0.373 e. The zero-order valence-electron chi connectivity index (χ0n) is 11.3. The van der Waals surface area contributed by atoms with Gasteiger partial charge in [0.1, 0.15) is 0 Å². The normalized spacial score (nSPS) is 20.8. The van der Waals surface area contributed by atoms with Crippen LogP contribution >= 0.6 is 23.2 Å². The molecule has 1 aliphatic heterocycles. The van der Waals surface area contributed by atoms with Crippen molar-refractivity contribution in [2.24, 2.45) is 5.73 Å². The Labute approximate surface area is 128 Å². The minimum absolute atomic E-state index is 0.0531. The van der Waals surface area contributed by atoms with Crippen molar-refractivity contribution in [3.63, 3.8) is 0 Å². The Balaban J connectivity index is 1.98. The number of hydrogen-bond acceptors (Lipinski definition) is 3. The molecule has 0 saturated carbocycles. The van der Waals surface area contributed by atoms with Gasteiger partial charge in [-0.1, -0.05) is 29.3 Å². The van der Waals surface area contributed by atoms with E-state index in [9.17, 15) is 4.79 Å². The van der Waals surface area contributed by atoms with Crippen molar-refractivity contribution < 1.29 is 9.53 Å². The minimum Gasteiger partial charge on any atom is -0.373 e. The highest BCUT2D eigenvalue weighted by Crippen LogP contribution is 2.23. The van der Waals surface area contributed by atoms with Crippen LogP contribution in [0.4, 0.5) is 0 Å². The predicted octanol–water partition coefficient (Wildman–Crippen LogP) is 2.11. The SMILES string of the molecule is CC(N)C1CN(C(=O)Cc2ccc(Cl)c(Cl)c2)CCO1. The third kappa shape index (κ3) is 3.85. The summed E-state index contributed by atoms with van der Waals surface area (Å²) in [5, 5.41) is 0.957. The monoisotopic (exact) mass is 316 g/mol. The average molecular weight is 317 g/mol. The molecule has 0 spiro atoms. The van der Waals surface area contributed by atoms with Gasteiger partial charge in [0.05, 0.1) is 29.2 Å². The van der Waals surface area contributed by atoms with E-state index in [1.54, 1.807) is 17.0 Å². The first kappa shape index (κ1) is 15.6. The summed E-state index contributed by atoms with van der Waals surface area (Å²) in [6.45, 7) is 3.55. The fraction of sp³-hybridized carbons (Fsp3) is 0.500. The Morgan fingerprint density at radius 1 is 1.50 bits per heavy atom. The van der Waals surface area contributed by atoms with Gasteiger partial charge in [-0.2, -0.15) is 0 Å². The van der Waals surface area contributed by atoms with Crippen molar-refractivity contribution in [3.05, 3.63) is 33.8 Å². The Bertz CT molecular complexity index is 494. The molecule has 1 heterocycles. The molecular formula is C14H18Cl2N2O2. The number of amides is 1. The van der Waals surface area contributed by atoms with Crippen LogP contribution < -0.4 is 5.73 Å². The van der Waals surface area contributed by atoms with Gasteiger partial charge in [-0.3, -0.25) is 4.79 Å². The molecule has 1 aromatic carbocycles. The van der Waals surface area contributed by atoms with Crippen LogP contribution in [0.5, 0.6) is 0 Å². The highest BCUT2D eigenvalue weighted by molar-refractivity contribution is 6.42. The average Bonchev–Trinajstić information content (AvgIpc) is 2.43. The van der Waals surface area contributed by atoms with Crippen LogP contribution in [0.1, 0.15) is 12.5 Å². The predicted molar refractivity (Wildman–Crippen MR) is 80.1 cm³/mol. The molecule has 2 rings (SSSR count). The number of ether oxygens (including phenoxy) is 1. The van der Waals surface area contributed by atoms with Crippen LogP contribution in [-0.4, -0.2) is 42.6 Å². The van der Waals surface area contributed by atoms with Crippen molar-refractivity contribution in [3.8, 4) is 0 Å². The lowest BCUT2D eigenvalue weighted by Crippen LogP contribution is -2.51. The molecule has 2 N–H and O–H groups in total. The van der Waals surface area contributed by atoms with Gasteiger partial charge in [-0.05, 0) is 24.6 Å². The molecule has 20 heavy (non-hydrogen) atoms. The van der Waals surface area contributed by atoms with Crippen molar-refractivity contribution in [2.45, 2.75) is 25.5 Å². The number of carbonyl (C=O) groups is 1. The van der Waals surface area contributed by atoms with Crippen LogP contribution in [0.15, 0.2) is 18.2 Å². The summed E-state index contributed by atoms with van der Waals surface area (Å²) in [7, 11) is 0. The maximum absolute atomic E-state index is 12.3. The second-order valence-corrected chi connectivity index (χ2v) is 5.85. The third-order valence-electron chi connectivity index (χ3n) is 3.37. The highest BCUT2D eigenvalue weighted by Gasteiger charge is 2.26. The van der Waals surface area contributed by atoms with E-state index in [-0.39, 0.29) is 18.1 Å². The van der Waals surface area contributed by atoms with Crippen molar-refractivity contribution in [2.75, 3.05) is 19.7 Å². The van der Waals surface area contributed by atoms with Gasteiger partial charge in [0, 0.05) is 19.1 Å².